The van der Waals surface area contributed by atoms with Gasteiger partial charge in [0.2, 0.25) is 4.96 Å². The molecule has 0 aliphatic carbocycles. The van der Waals surface area contributed by atoms with Crippen LogP contribution in [0.15, 0.2) is 29.1 Å². The molecule has 4 nitrogen and oxygen atoms in total. The van der Waals surface area contributed by atoms with Crippen LogP contribution in [-0.4, -0.2) is 14.6 Å². The number of benzene rings is 1. The molecule has 0 spiro atoms. The largest absolute Gasteiger partial charge is 0.291 e. The van der Waals surface area contributed by atoms with E-state index in [0.717, 1.165) is 0 Å². The van der Waals surface area contributed by atoms with Crippen molar-refractivity contribution in [3.63, 3.8) is 0 Å². The fraction of sp³-hybridized carbons (Fsp3) is 0.154. The molecule has 96 valence electrons. The first kappa shape index (κ1) is 12.0. The van der Waals surface area contributed by atoms with Gasteiger partial charge in [0, 0.05) is 12.0 Å². The van der Waals surface area contributed by atoms with E-state index >= 15 is 0 Å². The van der Waals surface area contributed by atoms with E-state index in [2.05, 4.69) is 10.1 Å². The molecule has 2 aromatic heterocycles. The Bertz CT molecular complexity index is 853. The normalized spacial score (nSPS) is 12.4. The maximum Gasteiger partial charge on any atom is 0.291 e. The molecule has 0 N–H and O–H groups in total. The predicted octanol–water partition coefficient (Wildman–Crippen LogP) is 1.40. The number of fused-ring (bicyclic) bond motifs is 1. The Balaban J connectivity index is 2.21. The minimum atomic E-state index is -0.352. The van der Waals surface area contributed by atoms with E-state index in [-0.39, 0.29) is 11.4 Å². The Labute approximate surface area is 111 Å². The number of aryl methyl sites for hydroxylation is 1. The van der Waals surface area contributed by atoms with Gasteiger partial charge in [-0.05, 0) is 12.1 Å². The second kappa shape index (κ2) is 4.55. The van der Waals surface area contributed by atoms with Crippen LogP contribution in [0.5, 0.6) is 0 Å². The molecule has 0 bridgehead atoms. The lowest BCUT2D eigenvalue weighted by Crippen LogP contribution is -2.23. The number of thiazole rings is 1. The Morgan fingerprint density at radius 3 is 2.89 bits per heavy atom. The van der Waals surface area contributed by atoms with Gasteiger partial charge in [0.25, 0.3) is 5.56 Å². The lowest BCUT2D eigenvalue weighted by molar-refractivity contribution is 0.625. The lowest BCUT2D eigenvalue weighted by atomic mass is 10.2. The molecule has 0 unspecified atom stereocenters. The number of aromatic nitrogens is 3. The van der Waals surface area contributed by atoms with E-state index in [4.69, 9.17) is 0 Å². The smallest absolute Gasteiger partial charge is 0.266 e. The Kier molecular flexibility index (Phi) is 2.87. The zero-order valence-electron chi connectivity index (χ0n) is 10.1. The number of halogens is 1. The van der Waals surface area contributed by atoms with Gasteiger partial charge < -0.3 is 0 Å². The van der Waals surface area contributed by atoms with Crippen LogP contribution in [0.4, 0.5) is 4.39 Å². The van der Waals surface area contributed by atoms with Crippen molar-refractivity contribution in [3.05, 3.63) is 56.4 Å². The third-order valence-corrected chi connectivity index (χ3v) is 3.69. The van der Waals surface area contributed by atoms with E-state index in [9.17, 15) is 9.18 Å². The molecule has 3 rings (SSSR count). The first-order chi connectivity index (χ1) is 9.19. The highest BCUT2D eigenvalue weighted by Gasteiger charge is 2.09. The summed E-state index contributed by atoms with van der Waals surface area (Å²) >= 11 is 1.22. The highest BCUT2D eigenvalue weighted by atomic mass is 32.1. The third-order valence-electron chi connectivity index (χ3n) is 2.73. The van der Waals surface area contributed by atoms with Crippen LogP contribution < -0.4 is 10.1 Å². The monoisotopic (exact) mass is 275 g/mol. The van der Waals surface area contributed by atoms with Crippen LogP contribution in [0.1, 0.15) is 18.3 Å². The van der Waals surface area contributed by atoms with Crippen molar-refractivity contribution in [1.29, 1.82) is 0 Å². The molecule has 0 radical (unpaired) electrons. The summed E-state index contributed by atoms with van der Waals surface area (Å²) < 4.78 is 15.2. The van der Waals surface area contributed by atoms with Gasteiger partial charge in [-0.2, -0.15) is 4.52 Å². The topological polar surface area (TPSA) is 47.3 Å². The number of nitrogens with zero attached hydrogens (tertiary/aromatic N) is 3. The van der Waals surface area contributed by atoms with Gasteiger partial charge in [-0.25, -0.2) is 9.37 Å². The van der Waals surface area contributed by atoms with Crippen molar-refractivity contribution in [2.45, 2.75) is 13.3 Å². The highest BCUT2D eigenvalue weighted by Crippen LogP contribution is 2.08. The maximum absolute atomic E-state index is 13.5. The van der Waals surface area contributed by atoms with Gasteiger partial charge in [-0.1, -0.05) is 36.5 Å². The fourth-order valence-corrected chi connectivity index (χ4v) is 2.67. The molecule has 0 saturated heterocycles. The van der Waals surface area contributed by atoms with Crippen molar-refractivity contribution in [1.82, 2.24) is 14.6 Å². The average molecular weight is 275 g/mol. The summed E-state index contributed by atoms with van der Waals surface area (Å²) in [5, 5.41) is 4.11. The number of rotatable bonds is 2. The molecule has 6 heteroatoms. The third kappa shape index (κ3) is 2.04. The molecule has 0 atom stereocenters. The Morgan fingerprint density at radius 1 is 1.42 bits per heavy atom. The number of hydrogen-bond acceptors (Lipinski definition) is 4. The van der Waals surface area contributed by atoms with Crippen molar-refractivity contribution >= 4 is 22.4 Å². The van der Waals surface area contributed by atoms with Gasteiger partial charge in [0.1, 0.15) is 5.82 Å². The van der Waals surface area contributed by atoms with Crippen molar-refractivity contribution in [2.75, 3.05) is 0 Å². The van der Waals surface area contributed by atoms with Crippen molar-refractivity contribution < 1.29 is 4.39 Å². The lowest BCUT2D eigenvalue weighted by Gasteiger charge is -1.92. The van der Waals surface area contributed by atoms with Crippen LogP contribution in [0.2, 0.25) is 0 Å². The van der Waals surface area contributed by atoms with Crippen LogP contribution >= 0.6 is 11.3 Å². The minimum absolute atomic E-state index is 0.254. The van der Waals surface area contributed by atoms with Crippen LogP contribution in [0.25, 0.3) is 11.0 Å². The molecule has 3 aromatic rings. The van der Waals surface area contributed by atoms with Gasteiger partial charge in [-0.3, -0.25) is 4.79 Å². The molecular weight excluding hydrogens is 265 g/mol. The van der Waals surface area contributed by atoms with Crippen LogP contribution in [-0.2, 0) is 6.42 Å². The summed E-state index contributed by atoms with van der Waals surface area (Å²) in [4.78, 5) is 16.9. The first-order valence-corrected chi connectivity index (χ1v) is 6.65. The standard InChI is InChI=1S/C13H10FN3OS/c1-2-11-15-13-17(16-11)12(18)10(19-13)7-8-5-3-4-6-9(8)14/h3-7H,2H2,1H3/b10-7-. The molecule has 0 fully saturated rings. The minimum Gasteiger partial charge on any atom is -0.266 e. The van der Waals surface area contributed by atoms with Crippen LogP contribution in [0.3, 0.4) is 0 Å². The van der Waals surface area contributed by atoms with Gasteiger partial charge in [-0.15, -0.1) is 5.10 Å². The van der Waals surface area contributed by atoms with Crippen LogP contribution in [0, 0.1) is 5.82 Å². The summed E-state index contributed by atoms with van der Waals surface area (Å²) in [7, 11) is 0. The predicted molar refractivity (Wildman–Crippen MR) is 71.7 cm³/mol. The fourth-order valence-electron chi connectivity index (χ4n) is 1.76. The Hall–Kier alpha value is -2.08. The van der Waals surface area contributed by atoms with E-state index < -0.39 is 0 Å². The molecule has 0 amide bonds. The maximum atomic E-state index is 13.5. The molecule has 2 heterocycles. The average Bonchev–Trinajstić information content (AvgIpc) is 2.93. The van der Waals surface area contributed by atoms with E-state index in [1.165, 1.54) is 28.0 Å². The first-order valence-electron chi connectivity index (χ1n) is 5.83. The quantitative estimate of drug-likeness (QED) is 0.710. The molecule has 0 aliphatic rings. The zero-order valence-corrected chi connectivity index (χ0v) is 10.9. The van der Waals surface area contributed by atoms with Gasteiger partial charge in [0.05, 0.1) is 4.53 Å². The van der Waals surface area contributed by atoms with Gasteiger partial charge >= 0.3 is 0 Å². The summed E-state index contributed by atoms with van der Waals surface area (Å²) in [6, 6.07) is 6.33. The van der Waals surface area contributed by atoms with Crippen molar-refractivity contribution in [3.8, 4) is 0 Å². The molecule has 0 saturated carbocycles. The Morgan fingerprint density at radius 2 is 2.21 bits per heavy atom. The number of hydrogen-bond donors (Lipinski definition) is 0. The van der Waals surface area contributed by atoms with E-state index in [1.807, 2.05) is 6.92 Å². The summed E-state index contributed by atoms with van der Waals surface area (Å²) in [5.41, 5.74) is 0.135. The van der Waals surface area contributed by atoms with E-state index in [0.29, 0.717) is 27.3 Å². The SMILES string of the molecule is CCc1nc2s/c(=C\c3ccccc3F)c(=O)n2n1. The summed E-state index contributed by atoms with van der Waals surface area (Å²) in [6.45, 7) is 1.93. The summed E-state index contributed by atoms with van der Waals surface area (Å²) in [5.74, 6) is 0.288. The second-order valence-electron chi connectivity index (χ2n) is 4.01. The zero-order chi connectivity index (χ0) is 13.4. The second-order valence-corrected chi connectivity index (χ2v) is 5.02. The summed E-state index contributed by atoms with van der Waals surface area (Å²) in [6.07, 6.45) is 2.21. The molecule has 0 aliphatic heterocycles. The van der Waals surface area contributed by atoms with E-state index in [1.54, 1.807) is 18.2 Å². The van der Waals surface area contributed by atoms with Gasteiger partial charge in [0.15, 0.2) is 5.82 Å². The molecule has 1 aromatic carbocycles. The molecule has 19 heavy (non-hydrogen) atoms. The van der Waals surface area contributed by atoms with Crippen molar-refractivity contribution in [2.24, 2.45) is 0 Å². The highest BCUT2D eigenvalue weighted by molar-refractivity contribution is 7.15. The molecular formula is C13H10FN3OS.